The zero-order valence-corrected chi connectivity index (χ0v) is 12.7. The monoisotopic (exact) mass is 334 g/mol. The molecule has 1 aromatic heterocycles. The number of rotatable bonds is 3. The Bertz CT molecular complexity index is 1040. The van der Waals surface area contributed by atoms with Crippen molar-refractivity contribution < 1.29 is 14.4 Å². The van der Waals surface area contributed by atoms with Gasteiger partial charge in [0.15, 0.2) is 11.5 Å². The van der Waals surface area contributed by atoms with Gasteiger partial charge >= 0.3 is 0 Å². The maximum absolute atomic E-state index is 11.3. The molecule has 25 heavy (non-hydrogen) atoms. The zero-order valence-electron chi connectivity index (χ0n) is 12.7. The SMILES string of the molecule is N#C/C(=C\c1cc2c(cc1[N+](=O)[O-])OCO2)c1nc2ccccc2[nH]1. The Balaban J connectivity index is 1.85. The molecule has 0 bridgehead atoms. The number of nitro groups is 1. The third kappa shape index (κ3) is 2.53. The van der Waals surface area contributed by atoms with Gasteiger partial charge in [-0.25, -0.2) is 4.98 Å². The molecular formula is C17H10N4O4. The Hall–Kier alpha value is -3.86. The predicted molar refractivity (Wildman–Crippen MR) is 88.8 cm³/mol. The standard InChI is InChI=1S/C17H10N4O4/c18-8-11(17-19-12-3-1-2-4-13(12)20-17)5-10-6-15-16(25-9-24-15)7-14(10)21(22)23/h1-7H,9H2,(H,19,20)/b11-5+. The quantitative estimate of drug-likeness (QED) is 0.446. The minimum atomic E-state index is -0.526. The maximum Gasteiger partial charge on any atom is 0.280 e. The fourth-order valence-electron chi connectivity index (χ4n) is 2.61. The molecule has 0 saturated heterocycles. The van der Waals surface area contributed by atoms with Crippen molar-refractivity contribution in [1.29, 1.82) is 5.26 Å². The summed E-state index contributed by atoms with van der Waals surface area (Å²) in [5, 5.41) is 20.8. The van der Waals surface area contributed by atoms with E-state index in [1.165, 1.54) is 18.2 Å². The van der Waals surface area contributed by atoms with Crippen molar-refractivity contribution in [3.63, 3.8) is 0 Å². The molecular weight excluding hydrogens is 324 g/mol. The van der Waals surface area contributed by atoms with Gasteiger partial charge in [-0.15, -0.1) is 0 Å². The normalized spacial score (nSPS) is 13.0. The summed E-state index contributed by atoms with van der Waals surface area (Å²) in [7, 11) is 0. The molecule has 1 N–H and O–H groups in total. The lowest BCUT2D eigenvalue weighted by atomic mass is 10.1. The number of nitrogens with one attached hydrogen (secondary N) is 1. The fraction of sp³-hybridized carbons (Fsp3) is 0.0588. The number of fused-ring (bicyclic) bond motifs is 2. The number of hydrogen-bond donors (Lipinski definition) is 1. The number of hydrogen-bond acceptors (Lipinski definition) is 6. The lowest BCUT2D eigenvalue weighted by Gasteiger charge is -2.01. The van der Waals surface area contributed by atoms with Crippen molar-refractivity contribution in [2.45, 2.75) is 0 Å². The van der Waals surface area contributed by atoms with Gasteiger partial charge in [-0.3, -0.25) is 10.1 Å². The first kappa shape index (κ1) is 14.7. The van der Waals surface area contributed by atoms with Crippen molar-refractivity contribution in [3.8, 4) is 17.6 Å². The van der Waals surface area contributed by atoms with Crippen LogP contribution < -0.4 is 9.47 Å². The molecule has 2 aromatic carbocycles. The molecule has 1 aliphatic heterocycles. The van der Waals surface area contributed by atoms with Crippen LogP contribution in [0.4, 0.5) is 5.69 Å². The molecule has 8 heteroatoms. The van der Waals surface area contributed by atoms with Gasteiger partial charge in [0.2, 0.25) is 6.79 Å². The highest BCUT2D eigenvalue weighted by molar-refractivity contribution is 5.92. The molecule has 122 valence electrons. The topological polar surface area (TPSA) is 114 Å². The van der Waals surface area contributed by atoms with Crippen LogP contribution in [0.2, 0.25) is 0 Å². The number of para-hydroxylation sites is 2. The number of aromatic nitrogens is 2. The second-order valence-electron chi connectivity index (χ2n) is 5.29. The van der Waals surface area contributed by atoms with Crippen LogP contribution in [-0.2, 0) is 0 Å². The van der Waals surface area contributed by atoms with Gasteiger partial charge in [-0.1, -0.05) is 12.1 Å². The summed E-state index contributed by atoms with van der Waals surface area (Å²) in [6.45, 7) is 0.00827. The maximum atomic E-state index is 11.3. The number of imidazole rings is 1. The number of nitriles is 1. The van der Waals surface area contributed by atoms with E-state index >= 15 is 0 Å². The van der Waals surface area contributed by atoms with E-state index < -0.39 is 4.92 Å². The average molecular weight is 334 g/mol. The van der Waals surface area contributed by atoms with Crippen LogP contribution in [0.1, 0.15) is 11.4 Å². The van der Waals surface area contributed by atoms with E-state index in [-0.39, 0.29) is 23.6 Å². The summed E-state index contributed by atoms with van der Waals surface area (Å²) in [6.07, 6.45) is 1.41. The van der Waals surface area contributed by atoms with Gasteiger partial charge in [-0.2, -0.15) is 5.26 Å². The Morgan fingerprint density at radius 2 is 2.08 bits per heavy atom. The summed E-state index contributed by atoms with van der Waals surface area (Å²) in [6, 6.07) is 12.2. The van der Waals surface area contributed by atoms with Crippen molar-refractivity contribution in [3.05, 3.63) is 57.9 Å². The molecule has 0 atom stereocenters. The summed E-state index contributed by atoms with van der Waals surface area (Å²) < 4.78 is 10.4. The highest BCUT2D eigenvalue weighted by Gasteiger charge is 2.23. The number of H-pyrrole nitrogens is 1. The lowest BCUT2D eigenvalue weighted by molar-refractivity contribution is -0.385. The fourth-order valence-corrected chi connectivity index (χ4v) is 2.61. The molecule has 1 aliphatic rings. The molecule has 0 fully saturated rings. The second kappa shape index (κ2) is 5.65. The van der Waals surface area contributed by atoms with Crippen LogP contribution >= 0.6 is 0 Å². The molecule has 2 heterocycles. The Labute approximate surface area is 141 Å². The summed E-state index contributed by atoms with van der Waals surface area (Å²) >= 11 is 0. The van der Waals surface area contributed by atoms with Gasteiger partial charge in [0.05, 0.1) is 33.2 Å². The first-order chi connectivity index (χ1) is 12.2. The van der Waals surface area contributed by atoms with Crippen LogP contribution in [0.3, 0.4) is 0 Å². The third-order valence-electron chi connectivity index (χ3n) is 3.78. The van der Waals surface area contributed by atoms with E-state index in [1.54, 1.807) is 0 Å². The van der Waals surface area contributed by atoms with Crippen LogP contribution in [0.15, 0.2) is 36.4 Å². The van der Waals surface area contributed by atoms with Gasteiger partial charge in [0.1, 0.15) is 11.9 Å². The summed E-state index contributed by atoms with van der Waals surface area (Å²) in [5.41, 5.74) is 1.73. The zero-order chi connectivity index (χ0) is 17.4. The molecule has 0 spiro atoms. The Morgan fingerprint density at radius 3 is 2.80 bits per heavy atom. The van der Waals surface area contributed by atoms with Gasteiger partial charge < -0.3 is 14.5 Å². The number of nitro benzene ring substituents is 1. The summed E-state index contributed by atoms with van der Waals surface area (Å²) in [5.74, 6) is 1.06. The predicted octanol–water partition coefficient (Wildman–Crippen LogP) is 3.26. The number of nitrogens with zero attached hydrogens (tertiary/aromatic N) is 3. The van der Waals surface area contributed by atoms with E-state index in [2.05, 4.69) is 9.97 Å². The van der Waals surface area contributed by atoms with Crippen LogP contribution in [-0.4, -0.2) is 21.7 Å². The minimum absolute atomic E-state index is 0.00827. The van der Waals surface area contributed by atoms with Crippen LogP contribution in [0, 0.1) is 21.4 Å². The van der Waals surface area contributed by atoms with Crippen molar-refractivity contribution >= 4 is 28.4 Å². The molecule has 8 nitrogen and oxygen atoms in total. The van der Waals surface area contributed by atoms with E-state index in [0.717, 1.165) is 5.52 Å². The highest BCUT2D eigenvalue weighted by atomic mass is 16.7. The Kier molecular flexibility index (Phi) is 3.32. The third-order valence-corrected chi connectivity index (χ3v) is 3.78. The average Bonchev–Trinajstić information content (AvgIpc) is 3.24. The molecule has 0 saturated carbocycles. The minimum Gasteiger partial charge on any atom is -0.454 e. The van der Waals surface area contributed by atoms with Gasteiger partial charge in [-0.05, 0) is 24.3 Å². The van der Waals surface area contributed by atoms with E-state index in [4.69, 9.17) is 9.47 Å². The smallest absolute Gasteiger partial charge is 0.280 e. The first-order valence-electron chi connectivity index (χ1n) is 7.30. The van der Waals surface area contributed by atoms with E-state index in [0.29, 0.717) is 22.8 Å². The van der Waals surface area contributed by atoms with Crippen LogP contribution in [0.5, 0.6) is 11.5 Å². The summed E-state index contributed by atoms with van der Waals surface area (Å²) in [4.78, 5) is 18.2. The van der Waals surface area contributed by atoms with E-state index in [1.807, 2.05) is 30.3 Å². The number of ether oxygens (including phenoxy) is 2. The van der Waals surface area contributed by atoms with Crippen molar-refractivity contribution in [2.24, 2.45) is 0 Å². The number of aromatic amines is 1. The lowest BCUT2D eigenvalue weighted by Crippen LogP contribution is -1.93. The molecule has 0 radical (unpaired) electrons. The molecule has 4 rings (SSSR count). The van der Waals surface area contributed by atoms with Crippen molar-refractivity contribution in [1.82, 2.24) is 9.97 Å². The molecule has 0 amide bonds. The number of benzene rings is 2. The highest BCUT2D eigenvalue weighted by Crippen LogP contribution is 2.39. The van der Waals surface area contributed by atoms with Gasteiger partial charge in [0.25, 0.3) is 5.69 Å². The van der Waals surface area contributed by atoms with E-state index in [9.17, 15) is 15.4 Å². The van der Waals surface area contributed by atoms with Crippen molar-refractivity contribution in [2.75, 3.05) is 6.79 Å². The largest absolute Gasteiger partial charge is 0.454 e. The second-order valence-corrected chi connectivity index (χ2v) is 5.29. The molecule has 0 aliphatic carbocycles. The van der Waals surface area contributed by atoms with Crippen LogP contribution in [0.25, 0.3) is 22.7 Å². The first-order valence-corrected chi connectivity index (χ1v) is 7.30. The molecule has 0 unspecified atom stereocenters. The molecule has 3 aromatic rings. The number of allylic oxidation sites excluding steroid dienone is 1. The van der Waals surface area contributed by atoms with Gasteiger partial charge in [0, 0.05) is 0 Å². The Morgan fingerprint density at radius 1 is 1.32 bits per heavy atom.